The molecule has 0 atom stereocenters. The molecule has 0 unspecified atom stereocenters. The maximum Gasteiger partial charge on any atom is 0.235 e. The van der Waals surface area contributed by atoms with Crippen LogP contribution in [0.2, 0.25) is 0 Å². The fourth-order valence-electron chi connectivity index (χ4n) is 1.58. The molecule has 1 aliphatic carbocycles. The first-order valence-electron chi connectivity index (χ1n) is 4.41. The second-order valence-corrected chi connectivity index (χ2v) is 3.53. The summed E-state index contributed by atoms with van der Waals surface area (Å²) >= 11 is 0. The monoisotopic (exact) mass is 209 g/mol. The number of aliphatic imine (C=N–C) groups is 1. The summed E-state index contributed by atoms with van der Waals surface area (Å²) in [5, 5.41) is 18.7. The highest BCUT2D eigenvalue weighted by molar-refractivity contribution is 5.52. The summed E-state index contributed by atoms with van der Waals surface area (Å²) in [6.45, 7) is 0. The van der Waals surface area contributed by atoms with E-state index in [4.69, 9.17) is 0 Å². The van der Waals surface area contributed by atoms with E-state index in [1.165, 1.54) is 12.1 Å². The van der Waals surface area contributed by atoms with Gasteiger partial charge in [-0.1, -0.05) is 0 Å². The lowest BCUT2D eigenvalue weighted by Gasteiger charge is -2.11. The van der Waals surface area contributed by atoms with Crippen molar-refractivity contribution in [3.8, 4) is 11.5 Å². The third-order valence-corrected chi connectivity index (χ3v) is 2.59. The Hall–Kier alpha value is -1.87. The van der Waals surface area contributed by atoms with Crippen LogP contribution in [0.1, 0.15) is 18.4 Å². The molecule has 78 valence electrons. The first kappa shape index (κ1) is 9.68. The van der Waals surface area contributed by atoms with Crippen LogP contribution in [0.5, 0.6) is 11.5 Å². The van der Waals surface area contributed by atoms with E-state index in [1.54, 1.807) is 0 Å². The maximum absolute atomic E-state index is 12.8. The minimum Gasteiger partial charge on any atom is -0.504 e. The Morgan fingerprint density at radius 1 is 1.33 bits per heavy atom. The van der Waals surface area contributed by atoms with Gasteiger partial charge in [-0.3, -0.25) is 0 Å². The quantitative estimate of drug-likeness (QED) is 0.441. The van der Waals surface area contributed by atoms with Gasteiger partial charge in [0.1, 0.15) is 5.54 Å². The lowest BCUT2D eigenvalue weighted by molar-refractivity contribution is 0.372. The number of benzene rings is 1. The summed E-state index contributed by atoms with van der Waals surface area (Å²) in [6.07, 6.45) is 2.59. The van der Waals surface area contributed by atoms with Gasteiger partial charge < -0.3 is 10.2 Å². The van der Waals surface area contributed by atoms with Gasteiger partial charge >= 0.3 is 0 Å². The third-order valence-electron chi connectivity index (χ3n) is 2.59. The van der Waals surface area contributed by atoms with Crippen molar-refractivity contribution in [1.29, 1.82) is 0 Å². The number of aromatic hydroxyl groups is 2. The van der Waals surface area contributed by atoms with Crippen LogP contribution < -0.4 is 0 Å². The molecule has 0 bridgehead atoms. The largest absolute Gasteiger partial charge is 0.504 e. The first-order valence-corrected chi connectivity index (χ1v) is 4.41. The number of hydrogen-bond donors (Lipinski definition) is 2. The molecule has 1 aromatic carbocycles. The molecule has 0 radical (unpaired) electrons. The average Bonchev–Trinajstić information content (AvgIpc) is 2.96. The molecule has 2 N–H and O–H groups in total. The highest BCUT2D eigenvalue weighted by Gasteiger charge is 2.47. The average molecular weight is 209 g/mol. The normalized spacial score (nSPS) is 16.9. The van der Waals surface area contributed by atoms with Gasteiger partial charge in [0.25, 0.3) is 0 Å². The van der Waals surface area contributed by atoms with E-state index in [0.29, 0.717) is 12.8 Å². The van der Waals surface area contributed by atoms with Crippen LogP contribution in [0.3, 0.4) is 0 Å². The molecule has 0 saturated heterocycles. The Labute approximate surface area is 84.7 Å². The molecule has 2 rings (SSSR count). The van der Waals surface area contributed by atoms with Crippen LogP contribution in [0.25, 0.3) is 0 Å². The number of isocyanates is 1. The number of phenolic OH excluding ortho intramolecular Hbond substituents is 2. The van der Waals surface area contributed by atoms with Crippen molar-refractivity contribution < 1.29 is 19.4 Å². The number of nitrogens with zero attached hydrogens (tertiary/aromatic N) is 1. The van der Waals surface area contributed by atoms with Crippen molar-refractivity contribution in [2.24, 2.45) is 4.99 Å². The summed E-state index contributed by atoms with van der Waals surface area (Å²) in [6, 6.07) is 2.35. The third kappa shape index (κ3) is 1.37. The van der Waals surface area contributed by atoms with Crippen molar-refractivity contribution in [3.05, 3.63) is 23.5 Å². The highest BCUT2D eigenvalue weighted by Crippen LogP contribution is 2.53. The van der Waals surface area contributed by atoms with Crippen molar-refractivity contribution in [2.75, 3.05) is 0 Å². The molecule has 1 fully saturated rings. The van der Waals surface area contributed by atoms with Crippen molar-refractivity contribution in [3.63, 3.8) is 0 Å². The molecule has 1 aliphatic rings. The van der Waals surface area contributed by atoms with Gasteiger partial charge in [-0.25, -0.2) is 9.18 Å². The Bertz CT molecular complexity index is 462. The fraction of sp³-hybridized carbons (Fsp3) is 0.300. The highest BCUT2D eigenvalue weighted by atomic mass is 19.1. The van der Waals surface area contributed by atoms with Crippen LogP contribution in [0, 0.1) is 5.82 Å². The van der Waals surface area contributed by atoms with Gasteiger partial charge in [-0.2, -0.15) is 4.99 Å². The molecule has 0 aromatic heterocycles. The second-order valence-electron chi connectivity index (χ2n) is 3.53. The summed E-state index contributed by atoms with van der Waals surface area (Å²) in [7, 11) is 0. The minimum atomic E-state index is -0.901. The summed E-state index contributed by atoms with van der Waals surface area (Å²) in [5.74, 6) is -2.26. The Kier molecular flexibility index (Phi) is 1.98. The fourth-order valence-corrected chi connectivity index (χ4v) is 1.58. The zero-order valence-electron chi connectivity index (χ0n) is 7.70. The van der Waals surface area contributed by atoms with Gasteiger partial charge in [-0.05, 0) is 25.0 Å². The summed E-state index contributed by atoms with van der Waals surface area (Å²) in [4.78, 5) is 13.8. The van der Waals surface area contributed by atoms with Gasteiger partial charge in [0.2, 0.25) is 6.08 Å². The Morgan fingerprint density at radius 2 is 2.00 bits per heavy atom. The van der Waals surface area contributed by atoms with Crippen LogP contribution in [0.15, 0.2) is 17.1 Å². The van der Waals surface area contributed by atoms with Crippen molar-refractivity contribution in [2.45, 2.75) is 18.4 Å². The minimum absolute atomic E-state index is 0.268. The maximum atomic E-state index is 12.8. The van der Waals surface area contributed by atoms with E-state index in [-0.39, 0.29) is 5.56 Å². The van der Waals surface area contributed by atoms with Gasteiger partial charge in [0, 0.05) is 5.56 Å². The van der Waals surface area contributed by atoms with E-state index in [0.717, 1.165) is 6.07 Å². The van der Waals surface area contributed by atoms with Crippen molar-refractivity contribution in [1.82, 2.24) is 0 Å². The molecule has 1 saturated carbocycles. The Morgan fingerprint density at radius 3 is 2.53 bits per heavy atom. The van der Waals surface area contributed by atoms with Crippen molar-refractivity contribution >= 4 is 6.08 Å². The SMILES string of the molecule is O=C=NC1(c2ccc(F)c(O)c2O)CC1. The molecule has 0 heterocycles. The molecular weight excluding hydrogens is 201 g/mol. The predicted molar refractivity (Wildman–Crippen MR) is 48.8 cm³/mol. The van der Waals surface area contributed by atoms with E-state index in [2.05, 4.69) is 4.99 Å². The lowest BCUT2D eigenvalue weighted by Crippen LogP contribution is -2.03. The van der Waals surface area contributed by atoms with E-state index in [1.807, 2.05) is 0 Å². The van der Waals surface area contributed by atoms with Crippen LogP contribution in [-0.2, 0) is 10.3 Å². The molecule has 1 aromatic rings. The molecule has 5 heteroatoms. The topological polar surface area (TPSA) is 69.9 Å². The number of carbonyl (C=O) groups excluding carboxylic acids is 1. The predicted octanol–water partition coefficient (Wildman–Crippen LogP) is 1.56. The van der Waals surface area contributed by atoms with Crippen LogP contribution >= 0.6 is 0 Å². The van der Waals surface area contributed by atoms with E-state index < -0.39 is 22.9 Å². The first-order chi connectivity index (χ1) is 7.10. The van der Waals surface area contributed by atoms with Gasteiger partial charge in [0.05, 0.1) is 0 Å². The molecule has 0 aliphatic heterocycles. The smallest absolute Gasteiger partial charge is 0.235 e. The van der Waals surface area contributed by atoms with Crippen LogP contribution in [0.4, 0.5) is 4.39 Å². The zero-order chi connectivity index (χ0) is 11.1. The number of rotatable bonds is 2. The summed E-state index contributed by atoms with van der Waals surface area (Å²) < 4.78 is 12.8. The molecule has 15 heavy (non-hydrogen) atoms. The number of hydrogen-bond acceptors (Lipinski definition) is 4. The molecule has 0 spiro atoms. The zero-order valence-corrected chi connectivity index (χ0v) is 7.70. The second kappa shape index (κ2) is 3.07. The van der Waals surface area contributed by atoms with Gasteiger partial charge in [-0.15, -0.1) is 0 Å². The molecule has 0 amide bonds. The molecular formula is C10H8FNO3. The van der Waals surface area contributed by atoms with Crippen LogP contribution in [-0.4, -0.2) is 16.3 Å². The molecule has 4 nitrogen and oxygen atoms in total. The Balaban J connectivity index is 2.55. The number of phenols is 2. The lowest BCUT2D eigenvalue weighted by atomic mass is 10.0. The van der Waals surface area contributed by atoms with Gasteiger partial charge in [0.15, 0.2) is 17.3 Å². The van der Waals surface area contributed by atoms with E-state index in [9.17, 15) is 19.4 Å². The standard InChI is InChI=1S/C10H8FNO3/c11-7-2-1-6(8(14)9(7)15)10(3-4-10)12-5-13/h1-2,14-15H,3-4H2. The number of halogens is 1. The summed E-state index contributed by atoms with van der Waals surface area (Å²) in [5.41, 5.74) is -0.540. The van der Waals surface area contributed by atoms with E-state index >= 15 is 0 Å².